The molecule has 0 bridgehead atoms. The lowest BCUT2D eigenvalue weighted by Gasteiger charge is -2.20. The molecule has 0 aliphatic carbocycles. The first kappa shape index (κ1) is 13.1. The first-order valence-electron chi connectivity index (χ1n) is 6.04. The minimum atomic E-state index is -0.475. The van der Waals surface area contributed by atoms with Gasteiger partial charge in [0.15, 0.2) is 11.5 Å². The van der Waals surface area contributed by atoms with Crippen LogP contribution in [0.15, 0.2) is 18.2 Å². The topological polar surface area (TPSA) is 73.9 Å². The highest BCUT2D eigenvalue weighted by atomic mass is 16.6. The third-order valence-electron chi connectivity index (χ3n) is 3.00. The fourth-order valence-corrected chi connectivity index (χ4v) is 1.98. The molecule has 18 heavy (non-hydrogen) atoms. The largest absolute Gasteiger partial charge is 0.493 e. The van der Waals surface area contributed by atoms with Crippen molar-refractivity contribution in [2.45, 2.75) is 18.6 Å². The Balaban J connectivity index is 2.27. The minimum Gasteiger partial charge on any atom is -0.493 e. The summed E-state index contributed by atoms with van der Waals surface area (Å²) >= 11 is 0. The summed E-state index contributed by atoms with van der Waals surface area (Å²) in [5.74, 6) is 1.24. The van der Waals surface area contributed by atoms with Crippen LogP contribution < -0.4 is 15.2 Å². The number of benzene rings is 1. The van der Waals surface area contributed by atoms with Crippen LogP contribution in [0.25, 0.3) is 0 Å². The van der Waals surface area contributed by atoms with E-state index in [4.69, 9.17) is 19.9 Å². The molecular formula is C13H19NO4. The highest BCUT2D eigenvalue weighted by Gasteiger charge is 2.22. The highest BCUT2D eigenvalue weighted by molar-refractivity contribution is 5.48. The summed E-state index contributed by atoms with van der Waals surface area (Å²) in [6.07, 6.45) is 0.872. The molecule has 0 saturated carbocycles. The van der Waals surface area contributed by atoms with Crippen LogP contribution >= 0.6 is 0 Å². The zero-order valence-corrected chi connectivity index (χ0v) is 10.5. The number of aliphatic hydroxyl groups excluding tert-OH is 1. The second-order valence-corrected chi connectivity index (χ2v) is 4.27. The predicted molar refractivity (Wildman–Crippen MR) is 66.9 cm³/mol. The molecule has 5 heteroatoms. The summed E-state index contributed by atoms with van der Waals surface area (Å²) in [6, 6.07) is 5.02. The Kier molecular flexibility index (Phi) is 4.41. The molecule has 2 rings (SSSR count). The molecule has 1 fully saturated rings. The number of nitrogens with two attached hydrogens (primary N) is 1. The minimum absolute atomic E-state index is 0.0194. The van der Waals surface area contributed by atoms with Gasteiger partial charge in [-0.1, -0.05) is 12.1 Å². The molecule has 3 N–H and O–H groups in total. The van der Waals surface area contributed by atoms with E-state index < -0.39 is 6.04 Å². The van der Waals surface area contributed by atoms with E-state index >= 15 is 0 Å². The van der Waals surface area contributed by atoms with Gasteiger partial charge in [-0.2, -0.15) is 0 Å². The Bertz CT molecular complexity index is 391. The summed E-state index contributed by atoms with van der Waals surface area (Å²) in [6.45, 7) is 1.15. The van der Waals surface area contributed by atoms with Gasteiger partial charge in [0.25, 0.3) is 0 Å². The smallest absolute Gasteiger partial charge is 0.166 e. The van der Waals surface area contributed by atoms with E-state index in [0.29, 0.717) is 24.7 Å². The van der Waals surface area contributed by atoms with Crippen molar-refractivity contribution < 1.29 is 19.3 Å². The molecular weight excluding hydrogens is 234 g/mol. The van der Waals surface area contributed by atoms with E-state index in [1.165, 1.54) is 0 Å². The molecule has 2 unspecified atom stereocenters. The Morgan fingerprint density at radius 3 is 3.00 bits per heavy atom. The zero-order valence-electron chi connectivity index (χ0n) is 10.5. The number of hydrogen-bond donors (Lipinski definition) is 2. The molecule has 1 aromatic rings. The Morgan fingerprint density at radius 1 is 1.56 bits per heavy atom. The van der Waals surface area contributed by atoms with E-state index in [9.17, 15) is 5.11 Å². The number of methoxy groups -OCH3 is 1. The van der Waals surface area contributed by atoms with Crippen LogP contribution in [0, 0.1) is 0 Å². The van der Waals surface area contributed by atoms with Crippen molar-refractivity contribution in [3.63, 3.8) is 0 Å². The fourth-order valence-electron chi connectivity index (χ4n) is 1.98. The highest BCUT2D eigenvalue weighted by Crippen LogP contribution is 2.35. The van der Waals surface area contributed by atoms with Gasteiger partial charge in [-0.25, -0.2) is 0 Å². The molecule has 0 aromatic heterocycles. The van der Waals surface area contributed by atoms with E-state index in [0.717, 1.165) is 12.0 Å². The standard InChI is InChI=1S/C13H19NO4/c1-16-12-4-2-3-10(11(14)7-15)13(12)18-9-5-6-17-8-9/h2-4,9,11,15H,5-8,14H2,1H3. The zero-order chi connectivity index (χ0) is 13.0. The third-order valence-corrected chi connectivity index (χ3v) is 3.00. The van der Waals surface area contributed by atoms with Crippen LogP contribution in [0.3, 0.4) is 0 Å². The first-order valence-corrected chi connectivity index (χ1v) is 6.04. The predicted octanol–water partition coefficient (Wildman–Crippen LogP) is 0.855. The lowest BCUT2D eigenvalue weighted by atomic mass is 10.1. The van der Waals surface area contributed by atoms with E-state index in [-0.39, 0.29) is 12.7 Å². The number of rotatable bonds is 5. The van der Waals surface area contributed by atoms with Gasteiger partial charge in [0.05, 0.1) is 33.0 Å². The Hall–Kier alpha value is -1.30. The normalized spacial score (nSPS) is 20.7. The van der Waals surface area contributed by atoms with Crippen molar-refractivity contribution in [1.29, 1.82) is 0 Å². The lowest BCUT2D eigenvalue weighted by molar-refractivity contribution is 0.137. The van der Waals surface area contributed by atoms with Crippen molar-refractivity contribution >= 4 is 0 Å². The maximum atomic E-state index is 9.19. The van der Waals surface area contributed by atoms with Crippen molar-refractivity contribution in [3.05, 3.63) is 23.8 Å². The van der Waals surface area contributed by atoms with Crippen molar-refractivity contribution in [1.82, 2.24) is 0 Å². The summed E-state index contributed by atoms with van der Waals surface area (Å²) in [4.78, 5) is 0. The van der Waals surface area contributed by atoms with Gasteiger partial charge in [0.1, 0.15) is 6.10 Å². The van der Waals surface area contributed by atoms with Gasteiger partial charge in [0.2, 0.25) is 0 Å². The lowest BCUT2D eigenvalue weighted by Crippen LogP contribution is -2.21. The van der Waals surface area contributed by atoms with Crippen LogP contribution in [-0.2, 0) is 4.74 Å². The van der Waals surface area contributed by atoms with Crippen molar-refractivity contribution in [3.8, 4) is 11.5 Å². The summed E-state index contributed by atoms with van der Waals surface area (Å²) < 4.78 is 16.5. The second kappa shape index (κ2) is 6.04. The van der Waals surface area contributed by atoms with Crippen molar-refractivity contribution in [2.24, 2.45) is 5.73 Å². The molecule has 5 nitrogen and oxygen atoms in total. The average Bonchev–Trinajstić information content (AvgIpc) is 2.91. The molecule has 1 aromatic carbocycles. The number of para-hydroxylation sites is 1. The number of ether oxygens (including phenoxy) is 3. The van der Waals surface area contributed by atoms with Crippen LogP contribution in [-0.4, -0.2) is 38.1 Å². The second-order valence-electron chi connectivity index (χ2n) is 4.27. The molecule has 0 amide bonds. The quantitative estimate of drug-likeness (QED) is 0.814. The number of aliphatic hydroxyl groups is 1. The maximum absolute atomic E-state index is 9.19. The van der Waals surface area contributed by atoms with Gasteiger partial charge in [-0.05, 0) is 6.07 Å². The molecule has 100 valence electrons. The molecule has 0 spiro atoms. The van der Waals surface area contributed by atoms with Crippen LogP contribution in [0.1, 0.15) is 18.0 Å². The monoisotopic (exact) mass is 253 g/mol. The fraction of sp³-hybridized carbons (Fsp3) is 0.538. The summed E-state index contributed by atoms with van der Waals surface area (Å²) in [5, 5.41) is 9.19. The maximum Gasteiger partial charge on any atom is 0.166 e. The first-order chi connectivity index (χ1) is 8.76. The SMILES string of the molecule is COc1cccc(C(N)CO)c1OC1CCOC1. The molecule has 1 aliphatic heterocycles. The van der Waals surface area contributed by atoms with Crippen molar-refractivity contribution in [2.75, 3.05) is 26.9 Å². The number of hydrogen-bond acceptors (Lipinski definition) is 5. The van der Waals surface area contributed by atoms with Gasteiger partial charge in [-0.15, -0.1) is 0 Å². The van der Waals surface area contributed by atoms with Gasteiger partial charge >= 0.3 is 0 Å². The van der Waals surface area contributed by atoms with E-state index in [2.05, 4.69) is 0 Å². The molecule has 1 saturated heterocycles. The molecule has 2 atom stereocenters. The molecule has 0 radical (unpaired) electrons. The average molecular weight is 253 g/mol. The van der Waals surface area contributed by atoms with Gasteiger partial charge < -0.3 is 25.1 Å². The van der Waals surface area contributed by atoms with Crippen LogP contribution in [0.5, 0.6) is 11.5 Å². The Morgan fingerprint density at radius 2 is 2.39 bits per heavy atom. The Labute approximate surface area is 106 Å². The molecule has 1 heterocycles. The summed E-state index contributed by atoms with van der Waals surface area (Å²) in [7, 11) is 1.58. The van der Waals surface area contributed by atoms with Crippen LogP contribution in [0.4, 0.5) is 0 Å². The van der Waals surface area contributed by atoms with Gasteiger partial charge in [-0.3, -0.25) is 0 Å². The van der Waals surface area contributed by atoms with Crippen LogP contribution in [0.2, 0.25) is 0 Å². The third kappa shape index (κ3) is 2.75. The van der Waals surface area contributed by atoms with Gasteiger partial charge in [0, 0.05) is 12.0 Å². The summed E-state index contributed by atoms with van der Waals surface area (Å²) in [5.41, 5.74) is 6.63. The van der Waals surface area contributed by atoms with E-state index in [1.807, 2.05) is 18.2 Å². The molecule has 1 aliphatic rings. The van der Waals surface area contributed by atoms with E-state index in [1.54, 1.807) is 7.11 Å².